The fourth-order valence-electron chi connectivity index (χ4n) is 2.96. The number of pyridine rings is 1. The monoisotopic (exact) mass is 393 g/mol. The SMILES string of the molecule is CNC(=O)c1ccccc1NC(=O)C(Cc1cccnc1)c1ccc(Cl)cc1. The number of halogens is 1. The van der Waals surface area contributed by atoms with Crippen molar-refractivity contribution in [3.05, 3.63) is 94.8 Å². The summed E-state index contributed by atoms with van der Waals surface area (Å²) < 4.78 is 0. The number of benzene rings is 2. The number of carbonyl (C=O) groups is 2. The smallest absolute Gasteiger partial charge is 0.253 e. The number of para-hydroxylation sites is 1. The Labute approximate surface area is 168 Å². The molecule has 0 aliphatic carbocycles. The van der Waals surface area contributed by atoms with E-state index >= 15 is 0 Å². The Hall–Kier alpha value is -3.18. The van der Waals surface area contributed by atoms with Crippen molar-refractivity contribution in [3.8, 4) is 0 Å². The van der Waals surface area contributed by atoms with E-state index in [0.29, 0.717) is 22.7 Å². The van der Waals surface area contributed by atoms with Gasteiger partial charge in [-0.3, -0.25) is 14.6 Å². The van der Waals surface area contributed by atoms with Gasteiger partial charge < -0.3 is 10.6 Å². The number of nitrogens with zero attached hydrogens (tertiary/aromatic N) is 1. The molecule has 3 rings (SSSR count). The Morgan fingerprint density at radius 2 is 1.79 bits per heavy atom. The molecule has 6 heteroatoms. The third-order valence-corrected chi connectivity index (χ3v) is 4.66. The molecule has 1 heterocycles. The number of rotatable bonds is 6. The molecule has 0 aliphatic rings. The third kappa shape index (κ3) is 4.75. The van der Waals surface area contributed by atoms with Gasteiger partial charge in [-0.1, -0.05) is 41.9 Å². The van der Waals surface area contributed by atoms with Crippen LogP contribution >= 0.6 is 11.6 Å². The molecule has 1 atom stereocenters. The maximum absolute atomic E-state index is 13.2. The molecule has 142 valence electrons. The van der Waals surface area contributed by atoms with E-state index in [9.17, 15) is 9.59 Å². The molecular formula is C22H20ClN3O2. The van der Waals surface area contributed by atoms with Crippen LogP contribution in [-0.4, -0.2) is 23.8 Å². The van der Waals surface area contributed by atoms with Crippen LogP contribution in [0.15, 0.2) is 73.1 Å². The minimum absolute atomic E-state index is 0.206. The summed E-state index contributed by atoms with van der Waals surface area (Å²) in [5.74, 6) is -0.923. The molecule has 0 saturated carbocycles. The lowest BCUT2D eigenvalue weighted by molar-refractivity contribution is -0.117. The summed E-state index contributed by atoms with van der Waals surface area (Å²) in [6.45, 7) is 0. The highest BCUT2D eigenvalue weighted by molar-refractivity contribution is 6.30. The normalized spacial score (nSPS) is 11.5. The van der Waals surface area contributed by atoms with Crippen molar-refractivity contribution < 1.29 is 9.59 Å². The predicted molar refractivity (Wildman–Crippen MR) is 111 cm³/mol. The number of nitrogens with one attached hydrogen (secondary N) is 2. The van der Waals surface area contributed by atoms with E-state index in [0.717, 1.165) is 11.1 Å². The molecule has 1 unspecified atom stereocenters. The van der Waals surface area contributed by atoms with Crippen LogP contribution in [0.2, 0.25) is 5.02 Å². The van der Waals surface area contributed by atoms with Crippen molar-refractivity contribution >= 4 is 29.1 Å². The molecule has 0 radical (unpaired) electrons. The molecule has 3 aromatic rings. The summed E-state index contributed by atoms with van der Waals surface area (Å²) in [5.41, 5.74) is 2.66. The van der Waals surface area contributed by atoms with Crippen LogP contribution in [0.5, 0.6) is 0 Å². The lowest BCUT2D eigenvalue weighted by Crippen LogP contribution is -2.26. The molecule has 2 amide bonds. The summed E-state index contributed by atoms with van der Waals surface area (Å²) in [5, 5.41) is 6.10. The minimum atomic E-state index is -0.459. The maximum atomic E-state index is 13.2. The first-order chi connectivity index (χ1) is 13.6. The molecule has 1 aromatic heterocycles. The first kappa shape index (κ1) is 19.6. The molecule has 0 aliphatic heterocycles. The van der Waals surface area contributed by atoms with Crippen LogP contribution in [0, 0.1) is 0 Å². The summed E-state index contributed by atoms with van der Waals surface area (Å²) >= 11 is 6.00. The number of hydrogen-bond acceptors (Lipinski definition) is 3. The van der Waals surface area contributed by atoms with Gasteiger partial charge in [-0.2, -0.15) is 0 Å². The molecule has 0 fully saturated rings. The second-order valence-electron chi connectivity index (χ2n) is 6.28. The zero-order chi connectivity index (χ0) is 19.9. The van der Waals surface area contributed by atoms with Crippen LogP contribution in [0.3, 0.4) is 0 Å². The first-order valence-electron chi connectivity index (χ1n) is 8.85. The number of carbonyl (C=O) groups excluding carboxylic acids is 2. The summed E-state index contributed by atoms with van der Waals surface area (Å²) in [6.07, 6.45) is 3.92. The van der Waals surface area contributed by atoms with E-state index in [-0.39, 0.29) is 11.8 Å². The zero-order valence-corrected chi connectivity index (χ0v) is 16.1. The van der Waals surface area contributed by atoms with Gasteiger partial charge in [-0.05, 0) is 47.9 Å². The van der Waals surface area contributed by atoms with Gasteiger partial charge in [0.15, 0.2) is 0 Å². The number of hydrogen-bond donors (Lipinski definition) is 2. The highest BCUT2D eigenvalue weighted by Crippen LogP contribution is 2.25. The van der Waals surface area contributed by atoms with Gasteiger partial charge in [0.05, 0.1) is 17.2 Å². The molecule has 0 spiro atoms. The lowest BCUT2D eigenvalue weighted by atomic mass is 9.91. The van der Waals surface area contributed by atoms with Crippen molar-refractivity contribution in [2.75, 3.05) is 12.4 Å². The van der Waals surface area contributed by atoms with Crippen molar-refractivity contribution in [3.63, 3.8) is 0 Å². The van der Waals surface area contributed by atoms with Crippen molar-refractivity contribution in [1.82, 2.24) is 10.3 Å². The van der Waals surface area contributed by atoms with Gasteiger partial charge in [-0.25, -0.2) is 0 Å². The highest BCUT2D eigenvalue weighted by atomic mass is 35.5. The van der Waals surface area contributed by atoms with Crippen LogP contribution in [-0.2, 0) is 11.2 Å². The summed E-state index contributed by atoms with van der Waals surface area (Å²) in [7, 11) is 1.56. The van der Waals surface area contributed by atoms with Crippen LogP contribution in [0.1, 0.15) is 27.4 Å². The molecule has 2 aromatic carbocycles. The van der Waals surface area contributed by atoms with E-state index in [4.69, 9.17) is 11.6 Å². The van der Waals surface area contributed by atoms with E-state index in [1.807, 2.05) is 24.3 Å². The Morgan fingerprint density at radius 3 is 2.46 bits per heavy atom. The minimum Gasteiger partial charge on any atom is -0.355 e. The lowest BCUT2D eigenvalue weighted by Gasteiger charge is -2.19. The second-order valence-corrected chi connectivity index (χ2v) is 6.72. The highest BCUT2D eigenvalue weighted by Gasteiger charge is 2.23. The van der Waals surface area contributed by atoms with E-state index in [2.05, 4.69) is 15.6 Å². The average molecular weight is 394 g/mol. The Balaban J connectivity index is 1.91. The molecule has 28 heavy (non-hydrogen) atoms. The number of aromatic nitrogens is 1. The number of amides is 2. The third-order valence-electron chi connectivity index (χ3n) is 4.41. The maximum Gasteiger partial charge on any atom is 0.253 e. The predicted octanol–water partition coefficient (Wildman–Crippen LogP) is 4.06. The summed E-state index contributed by atoms with van der Waals surface area (Å²) in [6, 6.07) is 17.9. The molecular weight excluding hydrogens is 374 g/mol. The Kier molecular flexibility index (Phi) is 6.40. The quantitative estimate of drug-likeness (QED) is 0.663. The van der Waals surface area contributed by atoms with E-state index < -0.39 is 5.92 Å². The van der Waals surface area contributed by atoms with Gasteiger partial charge in [0.25, 0.3) is 5.91 Å². The van der Waals surface area contributed by atoms with Gasteiger partial charge in [-0.15, -0.1) is 0 Å². The topological polar surface area (TPSA) is 71.1 Å². The number of anilines is 1. The molecule has 0 bridgehead atoms. The molecule has 5 nitrogen and oxygen atoms in total. The van der Waals surface area contributed by atoms with Gasteiger partial charge >= 0.3 is 0 Å². The van der Waals surface area contributed by atoms with Crippen molar-refractivity contribution in [2.24, 2.45) is 0 Å². The molecule has 2 N–H and O–H groups in total. The second kappa shape index (κ2) is 9.15. The largest absolute Gasteiger partial charge is 0.355 e. The van der Waals surface area contributed by atoms with Crippen LogP contribution < -0.4 is 10.6 Å². The van der Waals surface area contributed by atoms with Crippen LogP contribution in [0.25, 0.3) is 0 Å². The average Bonchev–Trinajstić information content (AvgIpc) is 2.73. The standard InChI is InChI=1S/C22H20ClN3O2/c1-24-21(27)18-6-2-3-7-20(18)26-22(28)19(13-15-5-4-12-25-14-15)16-8-10-17(23)11-9-16/h2-12,14,19H,13H2,1H3,(H,24,27)(H,26,28). The fraction of sp³-hybridized carbons (Fsp3) is 0.136. The summed E-state index contributed by atoms with van der Waals surface area (Å²) in [4.78, 5) is 29.4. The van der Waals surface area contributed by atoms with Gasteiger partial charge in [0.2, 0.25) is 5.91 Å². The van der Waals surface area contributed by atoms with Crippen LogP contribution in [0.4, 0.5) is 5.69 Å². The van der Waals surface area contributed by atoms with Crippen molar-refractivity contribution in [1.29, 1.82) is 0 Å². The Morgan fingerprint density at radius 1 is 1.04 bits per heavy atom. The zero-order valence-electron chi connectivity index (χ0n) is 15.4. The molecule has 0 saturated heterocycles. The van der Waals surface area contributed by atoms with E-state index in [1.54, 1.807) is 55.8 Å². The van der Waals surface area contributed by atoms with E-state index in [1.165, 1.54) is 0 Å². The first-order valence-corrected chi connectivity index (χ1v) is 9.22. The van der Waals surface area contributed by atoms with Gasteiger partial charge in [0.1, 0.15) is 0 Å². The van der Waals surface area contributed by atoms with Crippen molar-refractivity contribution in [2.45, 2.75) is 12.3 Å². The van der Waals surface area contributed by atoms with Gasteiger partial charge in [0, 0.05) is 24.5 Å². The fourth-order valence-corrected chi connectivity index (χ4v) is 3.08. The Bertz CT molecular complexity index is 959.